The molecule has 256 valence electrons. The minimum atomic E-state index is -0.725. The van der Waals surface area contributed by atoms with Gasteiger partial charge in [-0.15, -0.1) is 0 Å². The second-order valence-corrected chi connectivity index (χ2v) is 11.9. The lowest BCUT2D eigenvalue weighted by Gasteiger charge is -2.17. The van der Waals surface area contributed by atoms with Crippen LogP contribution in [-0.2, 0) is 13.1 Å². The Labute approximate surface area is 295 Å². The Morgan fingerprint density at radius 3 is 1.29 bits per heavy atom. The van der Waals surface area contributed by atoms with Crippen molar-refractivity contribution < 1.29 is 34.0 Å². The molecule has 9 nitrogen and oxygen atoms in total. The van der Waals surface area contributed by atoms with E-state index in [4.69, 9.17) is 14.2 Å². The normalized spacial score (nSPS) is 10.6. The molecule has 51 heavy (non-hydrogen) atoms. The molecule has 4 N–H and O–H groups in total. The molecular weight excluding hydrogens is 644 g/mol. The van der Waals surface area contributed by atoms with E-state index < -0.39 is 12.2 Å². The van der Waals surface area contributed by atoms with Crippen LogP contribution in [0, 0.1) is 13.8 Å². The Bertz CT molecular complexity index is 2010. The lowest BCUT2D eigenvalue weighted by molar-refractivity contribution is 0.197. The first-order valence-corrected chi connectivity index (χ1v) is 16.3. The zero-order chi connectivity index (χ0) is 35.7. The van der Waals surface area contributed by atoms with Crippen LogP contribution in [0.2, 0.25) is 0 Å². The lowest BCUT2D eigenvalue weighted by Crippen LogP contribution is -2.26. The topological polar surface area (TPSA) is 126 Å². The van der Waals surface area contributed by atoms with E-state index in [1.807, 2.05) is 62.4 Å². The molecule has 0 saturated carbocycles. The number of phenolic OH excluding ortho intramolecular Hbond substituents is 2. The molecule has 0 atom stereocenters. The number of rotatable bonds is 10. The molecule has 2 amide bonds. The number of para-hydroxylation sites is 2. The molecule has 0 spiro atoms. The Hall–Kier alpha value is -6.74. The summed E-state index contributed by atoms with van der Waals surface area (Å²) in [7, 11) is 0. The molecular formula is C42H36N2O7. The Kier molecular flexibility index (Phi) is 10.5. The van der Waals surface area contributed by atoms with Crippen molar-refractivity contribution in [3.05, 3.63) is 156 Å². The summed E-state index contributed by atoms with van der Waals surface area (Å²) in [4.78, 5) is 26.2. The van der Waals surface area contributed by atoms with Crippen LogP contribution in [0.5, 0.6) is 34.5 Å². The maximum atomic E-state index is 13.1. The smallest absolute Gasteiger partial charge is 0.413 e. The van der Waals surface area contributed by atoms with E-state index >= 15 is 0 Å². The van der Waals surface area contributed by atoms with Crippen molar-refractivity contribution in [3.63, 3.8) is 0 Å². The van der Waals surface area contributed by atoms with Gasteiger partial charge in [-0.05, 0) is 72.5 Å². The van der Waals surface area contributed by atoms with Crippen LogP contribution < -0.4 is 24.8 Å². The van der Waals surface area contributed by atoms with Gasteiger partial charge in [-0.2, -0.15) is 0 Å². The minimum Gasteiger partial charge on any atom is -0.507 e. The first-order valence-electron chi connectivity index (χ1n) is 16.3. The van der Waals surface area contributed by atoms with E-state index in [0.717, 1.165) is 22.3 Å². The highest BCUT2D eigenvalue weighted by molar-refractivity contribution is 5.78. The summed E-state index contributed by atoms with van der Waals surface area (Å²) in [5.41, 5.74) is 6.18. The number of aryl methyl sites for hydroxylation is 2. The van der Waals surface area contributed by atoms with E-state index in [0.29, 0.717) is 22.3 Å². The van der Waals surface area contributed by atoms with Crippen LogP contribution in [0.4, 0.5) is 9.59 Å². The van der Waals surface area contributed by atoms with Gasteiger partial charge in [0.25, 0.3) is 0 Å². The molecule has 9 heteroatoms. The van der Waals surface area contributed by atoms with Gasteiger partial charge in [0.1, 0.15) is 11.5 Å². The highest BCUT2D eigenvalue weighted by Crippen LogP contribution is 2.42. The second kappa shape index (κ2) is 15.7. The third-order valence-electron chi connectivity index (χ3n) is 8.06. The summed E-state index contributed by atoms with van der Waals surface area (Å²) < 4.78 is 17.9. The molecule has 0 aliphatic rings. The Morgan fingerprint density at radius 2 is 0.902 bits per heavy atom. The number of aromatic hydroxyl groups is 2. The number of phenols is 2. The van der Waals surface area contributed by atoms with Crippen molar-refractivity contribution in [2.75, 3.05) is 0 Å². The molecule has 0 aliphatic carbocycles. The van der Waals surface area contributed by atoms with Gasteiger partial charge in [-0.3, -0.25) is 0 Å². The fraction of sp³-hybridized carbons (Fsp3) is 0.0952. The van der Waals surface area contributed by atoms with E-state index in [-0.39, 0.29) is 47.6 Å². The van der Waals surface area contributed by atoms with E-state index in [9.17, 15) is 19.8 Å². The van der Waals surface area contributed by atoms with Crippen LogP contribution in [0.1, 0.15) is 22.3 Å². The van der Waals surface area contributed by atoms with Gasteiger partial charge >= 0.3 is 12.2 Å². The maximum absolute atomic E-state index is 13.1. The Morgan fingerprint density at radius 1 is 0.510 bits per heavy atom. The fourth-order valence-corrected chi connectivity index (χ4v) is 5.27. The molecule has 0 aromatic heterocycles. The highest BCUT2D eigenvalue weighted by atomic mass is 16.6. The van der Waals surface area contributed by atoms with E-state index in [1.54, 1.807) is 84.9 Å². The summed E-state index contributed by atoms with van der Waals surface area (Å²) in [6.45, 7) is 4.44. The third-order valence-corrected chi connectivity index (χ3v) is 8.06. The number of ether oxygens (including phenoxy) is 3. The largest absolute Gasteiger partial charge is 0.507 e. The maximum Gasteiger partial charge on any atom is 0.413 e. The van der Waals surface area contributed by atoms with Gasteiger partial charge in [0.15, 0.2) is 23.0 Å². The molecule has 0 bridgehead atoms. The predicted octanol–water partition coefficient (Wildman–Crippen LogP) is 9.42. The van der Waals surface area contributed by atoms with Crippen molar-refractivity contribution in [2.24, 2.45) is 0 Å². The van der Waals surface area contributed by atoms with Gasteiger partial charge in [-0.25, -0.2) is 9.59 Å². The van der Waals surface area contributed by atoms with Gasteiger partial charge in [0, 0.05) is 24.2 Å². The molecule has 6 aromatic rings. The van der Waals surface area contributed by atoms with Crippen LogP contribution >= 0.6 is 0 Å². The number of hydrogen-bond acceptors (Lipinski definition) is 7. The molecule has 0 radical (unpaired) electrons. The molecule has 6 aromatic carbocycles. The number of hydrogen-bond donors (Lipinski definition) is 4. The standard InChI is InChI=1S/C42H36N2O7/c1-27-11-15-29(16-12-27)25-43-41(47)50-39-23-31(33-7-3-5-9-35(33)45)19-21-37(39)49-38-22-20-32(34-8-4-6-10-36(34)46)24-40(38)51-42(48)44-26-30-17-13-28(2)14-18-30/h3-24,45-46H,25-26H2,1-2H3,(H,43,47)(H,44,48). The predicted molar refractivity (Wildman–Crippen MR) is 195 cm³/mol. The third kappa shape index (κ3) is 8.84. The lowest BCUT2D eigenvalue weighted by atomic mass is 10.0. The Balaban J connectivity index is 1.31. The molecule has 6 rings (SSSR count). The van der Waals surface area contributed by atoms with Crippen molar-refractivity contribution in [1.29, 1.82) is 0 Å². The van der Waals surface area contributed by atoms with Crippen LogP contribution in [-0.4, -0.2) is 22.4 Å². The SMILES string of the molecule is Cc1ccc(CNC(=O)Oc2cc(-c3ccccc3O)ccc2Oc2ccc(-c3ccccc3O)cc2OC(=O)NCc2ccc(C)cc2)cc1. The van der Waals surface area contributed by atoms with Crippen LogP contribution in [0.15, 0.2) is 133 Å². The summed E-state index contributed by atoms with van der Waals surface area (Å²) in [6.07, 6.45) is -1.45. The van der Waals surface area contributed by atoms with Crippen molar-refractivity contribution in [2.45, 2.75) is 26.9 Å². The summed E-state index contributed by atoms with van der Waals surface area (Å²) >= 11 is 0. The first-order chi connectivity index (χ1) is 24.7. The first kappa shape index (κ1) is 34.1. The molecule has 0 fully saturated rings. The molecule has 0 unspecified atom stereocenters. The number of carbonyl (C=O) groups excluding carboxylic acids is 2. The molecule has 0 saturated heterocycles. The van der Waals surface area contributed by atoms with Gasteiger partial charge in [-0.1, -0.05) is 108 Å². The fourth-order valence-electron chi connectivity index (χ4n) is 5.27. The quantitative estimate of drug-likeness (QED) is 0.114. The number of carbonyl (C=O) groups is 2. The highest BCUT2D eigenvalue weighted by Gasteiger charge is 2.19. The summed E-state index contributed by atoms with van der Waals surface area (Å²) in [5, 5.41) is 26.6. The number of benzene rings is 6. The molecule has 0 heterocycles. The van der Waals surface area contributed by atoms with Crippen molar-refractivity contribution >= 4 is 12.2 Å². The zero-order valence-electron chi connectivity index (χ0n) is 28.1. The number of nitrogens with one attached hydrogen (secondary N) is 2. The average molecular weight is 681 g/mol. The minimum absolute atomic E-state index is 0.0491. The summed E-state index contributed by atoms with van der Waals surface area (Å²) in [6, 6.07) is 38.9. The van der Waals surface area contributed by atoms with Crippen molar-refractivity contribution in [3.8, 4) is 56.8 Å². The summed E-state index contributed by atoms with van der Waals surface area (Å²) in [5.74, 6) is 0.481. The zero-order valence-corrected chi connectivity index (χ0v) is 28.1. The van der Waals surface area contributed by atoms with E-state index in [2.05, 4.69) is 10.6 Å². The second-order valence-electron chi connectivity index (χ2n) is 11.9. The van der Waals surface area contributed by atoms with Gasteiger partial charge < -0.3 is 35.1 Å². The van der Waals surface area contributed by atoms with Crippen molar-refractivity contribution in [1.82, 2.24) is 10.6 Å². The van der Waals surface area contributed by atoms with Crippen LogP contribution in [0.3, 0.4) is 0 Å². The molecule has 0 aliphatic heterocycles. The average Bonchev–Trinajstić information content (AvgIpc) is 3.13. The van der Waals surface area contributed by atoms with Gasteiger partial charge in [0.05, 0.1) is 0 Å². The van der Waals surface area contributed by atoms with Crippen LogP contribution in [0.25, 0.3) is 22.3 Å². The number of amides is 2. The van der Waals surface area contributed by atoms with E-state index in [1.165, 1.54) is 0 Å². The monoisotopic (exact) mass is 680 g/mol. The van der Waals surface area contributed by atoms with Gasteiger partial charge in [0.2, 0.25) is 0 Å².